The van der Waals surface area contributed by atoms with Crippen LogP contribution in [-0.4, -0.2) is 81.5 Å². The van der Waals surface area contributed by atoms with Crippen molar-refractivity contribution in [3.8, 4) is 11.8 Å². The summed E-state index contributed by atoms with van der Waals surface area (Å²) < 4.78 is 8.75. The van der Waals surface area contributed by atoms with Gasteiger partial charge in [0.1, 0.15) is 12.0 Å². The SMILES string of the molecule is O=c1[nH]c(O)c(/C=c2/cnn3c(=NC4CC4)nc(-n4cnc(CN5CCOCC5)c4)nc23)[nH]1. The fraction of sp³-hybridized carbons (Fsp3) is 0.400. The average molecular weight is 450 g/mol. The Morgan fingerprint density at radius 1 is 1.24 bits per heavy atom. The molecule has 2 aliphatic rings. The zero-order valence-electron chi connectivity index (χ0n) is 17.7. The Bertz CT molecular complexity index is 1490. The van der Waals surface area contributed by atoms with Crippen molar-refractivity contribution in [3.05, 3.63) is 51.4 Å². The fourth-order valence-electron chi connectivity index (χ4n) is 3.73. The van der Waals surface area contributed by atoms with Crippen LogP contribution >= 0.6 is 0 Å². The minimum Gasteiger partial charge on any atom is -0.493 e. The summed E-state index contributed by atoms with van der Waals surface area (Å²) in [4.78, 5) is 37.2. The minimum atomic E-state index is -0.499. The Morgan fingerprint density at radius 2 is 2.09 bits per heavy atom. The van der Waals surface area contributed by atoms with Crippen LogP contribution in [0.2, 0.25) is 0 Å². The fourth-order valence-corrected chi connectivity index (χ4v) is 3.73. The maximum absolute atomic E-state index is 11.5. The number of morpholine rings is 1. The van der Waals surface area contributed by atoms with Gasteiger partial charge in [0, 0.05) is 31.0 Å². The van der Waals surface area contributed by atoms with Crippen LogP contribution in [0.25, 0.3) is 17.7 Å². The van der Waals surface area contributed by atoms with Gasteiger partial charge >= 0.3 is 5.69 Å². The molecule has 13 nitrogen and oxygen atoms in total. The van der Waals surface area contributed by atoms with E-state index in [0.717, 1.165) is 51.4 Å². The molecule has 0 spiro atoms. The van der Waals surface area contributed by atoms with Gasteiger partial charge < -0.3 is 14.8 Å². The van der Waals surface area contributed by atoms with Crippen LogP contribution in [0.3, 0.4) is 0 Å². The number of rotatable bonds is 5. The first-order valence-electron chi connectivity index (χ1n) is 10.8. The number of aromatic amines is 2. The third kappa shape index (κ3) is 4.03. The predicted molar refractivity (Wildman–Crippen MR) is 114 cm³/mol. The molecule has 0 radical (unpaired) electrons. The van der Waals surface area contributed by atoms with Crippen molar-refractivity contribution in [2.24, 2.45) is 4.99 Å². The smallest absolute Gasteiger partial charge is 0.326 e. The van der Waals surface area contributed by atoms with E-state index < -0.39 is 5.69 Å². The van der Waals surface area contributed by atoms with Crippen molar-refractivity contribution in [3.63, 3.8) is 0 Å². The summed E-state index contributed by atoms with van der Waals surface area (Å²) in [5.41, 5.74) is 1.61. The second kappa shape index (κ2) is 7.94. The van der Waals surface area contributed by atoms with Crippen LogP contribution < -0.4 is 16.5 Å². The summed E-state index contributed by atoms with van der Waals surface area (Å²) in [6.07, 6.45) is 8.85. The predicted octanol–water partition coefficient (Wildman–Crippen LogP) is -1.52. The molecule has 170 valence electrons. The van der Waals surface area contributed by atoms with E-state index in [9.17, 15) is 9.90 Å². The van der Waals surface area contributed by atoms with Crippen LogP contribution in [0, 0.1) is 0 Å². The first kappa shape index (κ1) is 19.8. The van der Waals surface area contributed by atoms with E-state index in [1.54, 1.807) is 27.7 Å². The van der Waals surface area contributed by atoms with Gasteiger partial charge in [-0.3, -0.25) is 14.5 Å². The monoisotopic (exact) mass is 450 g/mol. The molecule has 0 amide bonds. The third-order valence-corrected chi connectivity index (χ3v) is 5.60. The molecule has 1 saturated heterocycles. The number of H-pyrrole nitrogens is 2. The highest BCUT2D eigenvalue weighted by atomic mass is 16.5. The summed E-state index contributed by atoms with van der Waals surface area (Å²) in [6, 6.07) is 0.234. The molecule has 0 bridgehead atoms. The van der Waals surface area contributed by atoms with E-state index in [1.807, 2.05) is 6.20 Å². The normalized spacial score (nSPS) is 18.5. The van der Waals surface area contributed by atoms with Gasteiger partial charge in [0.25, 0.3) is 5.62 Å². The Kier molecular flexibility index (Phi) is 4.77. The molecule has 6 rings (SSSR count). The van der Waals surface area contributed by atoms with Gasteiger partial charge in [-0.1, -0.05) is 0 Å². The molecule has 3 N–H and O–H groups in total. The van der Waals surface area contributed by atoms with Crippen molar-refractivity contribution >= 4 is 11.7 Å². The van der Waals surface area contributed by atoms with Crippen molar-refractivity contribution in [2.75, 3.05) is 26.3 Å². The number of aromatic hydroxyl groups is 1. The summed E-state index contributed by atoms with van der Waals surface area (Å²) in [5.74, 6) is 0.170. The molecule has 4 aromatic heterocycles. The van der Waals surface area contributed by atoms with E-state index in [4.69, 9.17) is 14.7 Å². The van der Waals surface area contributed by atoms with Crippen LogP contribution in [0.5, 0.6) is 5.88 Å². The van der Waals surface area contributed by atoms with E-state index in [1.165, 1.54) is 0 Å². The lowest BCUT2D eigenvalue weighted by atomic mass is 10.3. The minimum absolute atomic E-state index is 0.234. The quantitative estimate of drug-likeness (QED) is 0.331. The molecule has 0 atom stereocenters. The van der Waals surface area contributed by atoms with Crippen molar-refractivity contribution in [1.29, 1.82) is 0 Å². The number of nitrogens with one attached hydrogen (secondary N) is 2. The summed E-state index contributed by atoms with van der Waals surface area (Å²) in [5, 5.41) is 14.9. The topological polar surface area (TPSA) is 155 Å². The summed E-state index contributed by atoms with van der Waals surface area (Å²) >= 11 is 0. The van der Waals surface area contributed by atoms with Gasteiger partial charge in [0.2, 0.25) is 11.8 Å². The molecule has 2 fully saturated rings. The Morgan fingerprint density at radius 3 is 2.85 bits per heavy atom. The van der Waals surface area contributed by atoms with Crippen LogP contribution in [-0.2, 0) is 11.3 Å². The number of ether oxygens (including phenoxy) is 1. The second-order valence-corrected chi connectivity index (χ2v) is 8.17. The first-order chi connectivity index (χ1) is 16.1. The highest BCUT2D eigenvalue weighted by Crippen LogP contribution is 2.22. The number of imidazole rings is 2. The van der Waals surface area contributed by atoms with E-state index in [0.29, 0.717) is 22.4 Å². The second-order valence-electron chi connectivity index (χ2n) is 8.17. The lowest BCUT2D eigenvalue weighted by molar-refractivity contribution is 0.0337. The molecule has 1 aliphatic carbocycles. The van der Waals surface area contributed by atoms with Crippen LogP contribution in [0.1, 0.15) is 24.2 Å². The summed E-state index contributed by atoms with van der Waals surface area (Å²) in [6.45, 7) is 3.94. The van der Waals surface area contributed by atoms with Crippen LogP contribution in [0.15, 0.2) is 28.5 Å². The Hall–Kier alpha value is -3.84. The van der Waals surface area contributed by atoms with Gasteiger partial charge in [-0.25, -0.2) is 14.8 Å². The molecule has 4 aromatic rings. The maximum Gasteiger partial charge on any atom is 0.326 e. The van der Waals surface area contributed by atoms with Gasteiger partial charge in [-0.2, -0.15) is 19.6 Å². The lowest BCUT2D eigenvalue weighted by Crippen LogP contribution is -2.35. The first-order valence-corrected chi connectivity index (χ1v) is 10.8. The Balaban J connectivity index is 1.43. The van der Waals surface area contributed by atoms with E-state index in [-0.39, 0.29) is 17.6 Å². The Labute approximate surface area is 186 Å². The molecule has 1 saturated carbocycles. The highest BCUT2D eigenvalue weighted by Gasteiger charge is 2.21. The molecular weight excluding hydrogens is 428 g/mol. The molecule has 0 unspecified atom stereocenters. The average Bonchev–Trinajstić information content (AvgIpc) is 3.19. The number of hydrogen-bond acceptors (Lipinski definition) is 9. The van der Waals surface area contributed by atoms with Gasteiger partial charge in [-0.05, 0) is 18.9 Å². The van der Waals surface area contributed by atoms with Gasteiger partial charge in [-0.15, -0.1) is 0 Å². The number of nitrogens with zero attached hydrogens (tertiary/aromatic N) is 8. The summed E-state index contributed by atoms with van der Waals surface area (Å²) in [7, 11) is 0. The molecule has 33 heavy (non-hydrogen) atoms. The van der Waals surface area contributed by atoms with Crippen LogP contribution in [0.4, 0.5) is 0 Å². The highest BCUT2D eigenvalue weighted by molar-refractivity contribution is 5.56. The van der Waals surface area contributed by atoms with Gasteiger partial charge in [0.05, 0.1) is 31.1 Å². The van der Waals surface area contributed by atoms with Crippen molar-refractivity contribution < 1.29 is 9.84 Å². The third-order valence-electron chi connectivity index (χ3n) is 5.60. The molecular formula is C20H22N10O3. The van der Waals surface area contributed by atoms with Gasteiger partial charge in [0.15, 0.2) is 5.65 Å². The zero-order chi connectivity index (χ0) is 22.4. The number of hydrogen-bond donors (Lipinski definition) is 3. The van der Waals surface area contributed by atoms with Crippen molar-refractivity contribution in [1.82, 2.24) is 44.0 Å². The van der Waals surface area contributed by atoms with E-state index >= 15 is 0 Å². The maximum atomic E-state index is 11.5. The molecule has 1 aliphatic heterocycles. The van der Waals surface area contributed by atoms with Crippen molar-refractivity contribution in [2.45, 2.75) is 25.4 Å². The number of aromatic nitrogens is 8. The molecule has 0 aromatic carbocycles. The standard InChI is InChI=1S/C20H22N10O3/c31-17-15(24-20(32)26-17)7-12-8-22-30-16(12)25-18(27-19(30)23-13-1-2-13)29-10-14(21-11-29)9-28-3-5-33-6-4-28/h7-8,10-11,13,31H,1-6,9H2,(H2,24,26,32)/b12-7-,23-19?. The largest absolute Gasteiger partial charge is 0.493 e. The lowest BCUT2D eigenvalue weighted by Gasteiger charge is -2.25. The molecule has 13 heteroatoms. The van der Waals surface area contributed by atoms with E-state index in [2.05, 4.69) is 29.9 Å². The molecule has 5 heterocycles. The number of fused-ring (bicyclic) bond motifs is 1. The zero-order valence-corrected chi connectivity index (χ0v) is 17.7.